The standard InChI is InChI=1S/C24H31N2/c1-16(2)20-9-8-10-21(17(3)4)24(20)26-14-13-19(6)23(26)22-12-11-18(5)15-25(22)7/h8-17H,1-7H3/q+1/i5D3. The lowest BCUT2D eigenvalue weighted by Gasteiger charge is -2.22. The van der Waals surface area contributed by atoms with E-state index in [0.29, 0.717) is 17.4 Å². The Labute approximate surface area is 162 Å². The first-order valence-electron chi connectivity index (χ1n) is 10.8. The van der Waals surface area contributed by atoms with Gasteiger partial charge in [-0.15, -0.1) is 0 Å². The minimum absolute atomic E-state index is 0.352. The molecular weight excluding hydrogens is 316 g/mol. The van der Waals surface area contributed by atoms with Crippen molar-refractivity contribution in [3.8, 4) is 17.1 Å². The second kappa shape index (κ2) is 7.11. The summed E-state index contributed by atoms with van der Waals surface area (Å²) in [6.45, 7) is 8.90. The number of hydrogen-bond donors (Lipinski definition) is 0. The zero-order valence-corrected chi connectivity index (χ0v) is 16.7. The molecule has 0 unspecified atom stereocenters. The number of para-hydroxylation sites is 1. The summed E-state index contributed by atoms with van der Waals surface area (Å²) in [5.74, 6) is 0.789. The Morgan fingerprint density at radius 3 is 2.15 bits per heavy atom. The van der Waals surface area contributed by atoms with E-state index < -0.39 is 6.85 Å². The summed E-state index contributed by atoms with van der Waals surface area (Å²) in [7, 11) is 1.92. The third-order valence-electron chi connectivity index (χ3n) is 5.05. The number of pyridine rings is 1. The average Bonchev–Trinajstić information content (AvgIpc) is 3.01. The molecule has 1 aromatic carbocycles. The fraction of sp³-hybridized carbons (Fsp3) is 0.375. The first-order chi connectivity index (χ1) is 13.5. The molecule has 2 heteroatoms. The molecular formula is C24H31N2+. The number of benzene rings is 1. The first kappa shape index (κ1) is 14.8. The topological polar surface area (TPSA) is 8.81 Å². The van der Waals surface area contributed by atoms with E-state index in [1.165, 1.54) is 16.8 Å². The molecule has 0 spiro atoms. The fourth-order valence-electron chi connectivity index (χ4n) is 3.68. The van der Waals surface area contributed by atoms with Gasteiger partial charge in [-0.25, -0.2) is 0 Å². The molecule has 0 N–H and O–H groups in total. The van der Waals surface area contributed by atoms with Crippen molar-refractivity contribution >= 4 is 0 Å². The van der Waals surface area contributed by atoms with Gasteiger partial charge in [0.15, 0.2) is 6.20 Å². The highest BCUT2D eigenvalue weighted by Crippen LogP contribution is 2.35. The molecule has 0 radical (unpaired) electrons. The van der Waals surface area contributed by atoms with E-state index in [0.717, 1.165) is 17.0 Å². The Bertz CT molecular complexity index is 1000. The Morgan fingerprint density at radius 1 is 0.962 bits per heavy atom. The van der Waals surface area contributed by atoms with E-state index in [2.05, 4.69) is 69.6 Å². The zero-order valence-electron chi connectivity index (χ0n) is 19.7. The third kappa shape index (κ3) is 3.21. The number of rotatable bonds is 4. The van der Waals surface area contributed by atoms with Gasteiger partial charge < -0.3 is 4.57 Å². The maximum absolute atomic E-state index is 7.70. The molecule has 2 nitrogen and oxygen atoms in total. The van der Waals surface area contributed by atoms with Crippen LogP contribution in [0.2, 0.25) is 0 Å². The predicted octanol–water partition coefficient (Wildman–Crippen LogP) is 5.83. The van der Waals surface area contributed by atoms with Crippen LogP contribution >= 0.6 is 0 Å². The highest BCUT2D eigenvalue weighted by molar-refractivity contribution is 5.64. The van der Waals surface area contributed by atoms with Gasteiger partial charge in [-0.3, -0.25) is 0 Å². The lowest BCUT2D eigenvalue weighted by molar-refractivity contribution is -0.660. The van der Waals surface area contributed by atoms with E-state index in [1.54, 1.807) is 12.3 Å². The van der Waals surface area contributed by atoms with Crippen molar-refractivity contribution in [1.29, 1.82) is 0 Å². The lowest BCUT2D eigenvalue weighted by atomic mass is 9.92. The van der Waals surface area contributed by atoms with Crippen LogP contribution in [-0.4, -0.2) is 4.57 Å². The monoisotopic (exact) mass is 350 g/mol. The minimum atomic E-state index is -2.11. The quantitative estimate of drug-likeness (QED) is 0.523. The van der Waals surface area contributed by atoms with Crippen molar-refractivity contribution in [3.05, 3.63) is 71.0 Å². The number of hydrogen-bond acceptors (Lipinski definition) is 0. The van der Waals surface area contributed by atoms with Crippen molar-refractivity contribution < 1.29 is 8.68 Å². The van der Waals surface area contributed by atoms with Gasteiger partial charge in [0.2, 0.25) is 5.69 Å². The fourth-order valence-corrected chi connectivity index (χ4v) is 3.68. The van der Waals surface area contributed by atoms with Gasteiger partial charge in [-0.1, -0.05) is 45.9 Å². The van der Waals surface area contributed by atoms with Crippen LogP contribution in [0, 0.1) is 13.8 Å². The van der Waals surface area contributed by atoms with E-state index in [1.807, 2.05) is 17.7 Å². The van der Waals surface area contributed by atoms with Gasteiger partial charge in [0.05, 0.1) is 5.69 Å². The Morgan fingerprint density at radius 2 is 1.62 bits per heavy atom. The minimum Gasteiger partial charge on any atom is -0.311 e. The highest BCUT2D eigenvalue weighted by Gasteiger charge is 2.22. The average molecular weight is 351 g/mol. The molecule has 0 amide bonds. The molecule has 0 bridgehead atoms. The number of aromatic nitrogens is 2. The molecule has 0 aliphatic rings. The van der Waals surface area contributed by atoms with Gasteiger partial charge in [0.1, 0.15) is 12.7 Å². The van der Waals surface area contributed by atoms with Crippen molar-refractivity contribution in [2.24, 2.45) is 7.05 Å². The second-order valence-electron chi connectivity index (χ2n) is 7.73. The van der Waals surface area contributed by atoms with Crippen molar-refractivity contribution in [2.75, 3.05) is 0 Å². The predicted molar refractivity (Wildman–Crippen MR) is 110 cm³/mol. The molecule has 0 fully saturated rings. The van der Waals surface area contributed by atoms with Gasteiger partial charge in [0, 0.05) is 21.9 Å². The van der Waals surface area contributed by atoms with Gasteiger partial charge >= 0.3 is 0 Å². The molecule has 0 aliphatic heterocycles. The summed E-state index contributed by atoms with van der Waals surface area (Å²) in [5.41, 5.74) is 7.47. The molecule has 2 heterocycles. The Kier molecular flexibility index (Phi) is 4.04. The second-order valence-corrected chi connectivity index (χ2v) is 7.73. The highest BCUT2D eigenvalue weighted by atomic mass is 15.0. The molecule has 3 aromatic rings. The maximum atomic E-state index is 7.70. The molecule has 0 atom stereocenters. The summed E-state index contributed by atoms with van der Waals surface area (Å²) in [5, 5.41) is 0. The third-order valence-corrected chi connectivity index (χ3v) is 5.05. The molecule has 0 saturated heterocycles. The van der Waals surface area contributed by atoms with Gasteiger partial charge in [0.25, 0.3) is 0 Å². The Balaban J connectivity index is 2.29. The number of aryl methyl sites for hydroxylation is 3. The van der Waals surface area contributed by atoms with Crippen molar-refractivity contribution in [2.45, 2.75) is 53.3 Å². The normalized spacial score (nSPS) is 13.8. The zero-order chi connectivity index (χ0) is 21.5. The molecule has 0 saturated carbocycles. The molecule has 3 rings (SSSR count). The summed E-state index contributed by atoms with van der Waals surface area (Å²) in [6, 6.07) is 12.3. The van der Waals surface area contributed by atoms with Crippen LogP contribution in [0.1, 0.15) is 65.9 Å². The van der Waals surface area contributed by atoms with Crippen LogP contribution in [0.4, 0.5) is 0 Å². The first-order valence-corrected chi connectivity index (χ1v) is 9.34. The number of nitrogens with zero attached hydrogens (tertiary/aromatic N) is 2. The Hall–Kier alpha value is -2.35. The molecule has 2 aromatic heterocycles. The van der Waals surface area contributed by atoms with Crippen LogP contribution in [0.15, 0.2) is 48.8 Å². The summed E-state index contributed by atoms with van der Waals surface area (Å²) < 4.78 is 27.3. The summed E-state index contributed by atoms with van der Waals surface area (Å²) >= 11 is 0. The van der Waals surface area contributed by atoms with Gasteiger partial charge in [-0.05, 0) is 54.4 Å². The molecule has 0 aliphatic carbocycles. The molecule has 136 valence electrons. The summed E-state index contributed by atoms with van der Waals surface area (Å²) in [6.07, 6.45) is 3.85. The van der Waals surface area contributed by atoms with Crippen LogP contribution in [0.3, 0.4) is 0 Å². The lowest BCUT2D eigenvalue weighted by Crippen LogP contribution is -2.31. The van der Waals surface area contributed by atoms with Crippen molar-refractivity contribution in [3.63, 3.8) is 0 Å². The van der Waals surface area contributed by atoms with Crippen LogP contribution in [-0.2, 0) is 7.05 Å². The van der Waals surface area contributed by atoms with Crippen LogP contribution < -0.4 is 4.57 Å². The smallest absolute Gasteiger partial charge is 0.229 e. The van der Waals surface area contributed by atoms with Crippen LogP contribution in [0.5, 0.6) is 0 Å². The van der Waals surface area contributed by atoms with Crippen LogP contribution in [0.25, 0.3) is 17.1 Å². The van der Waals surface area contributed by atoms with Crippen molar-refractivity contribution in [1.82, 2.24) is 4.57 Å². The SMILES string of the molecule is [2H]C([2H])([2H])c1ccc(-c2c(C)ccn2-c2c(C(C)C)cccc2C(C)C)[n+](C)c1. The van der Waals surface area contributed by atoms with E-state index >= 15 is 0 Å². The van der Waals surface area contributed by atoms with E-state index in [-0.39, 0.29) is 0 Å². The van der Waals surface area contributed by atoms with E-state index in [9.17, 15) is 0 Å². The summed E-state index contributed by atoms with van der Waals surface area (Å²) in [4.78, 5) is 0. The van der Waals surface area contributed by atoms with Gasteiger partial charge in [-0.2, -0.15) is 4.57 Å². The largest absolute Gasteiger partial charge is 0.311 e. The maximum Gasteiger partial charge on any atom is 0.229 e. The molecule has 26 heavy (non-hydrogen) atoms. The van der Waals surface area contributed by atoms with E-state index in [4.69, 9.17) is 4.11 Å².